The monoisotopic (exact) mass is 382 g/mol. The van der Waals surface area contributed by atoms with E-state index in [1.165, 1.54) is 0 Å². The van der Waals surface area contributed by atoms with E-state index in [9.17, 15) is 4.79 Å². The number of benzene rings is 1. The van der Waals surface area contributed by atoms with Gasteiger partial charge in [-0.3, -0.25) is 0 Å². The fourth-order valence-corrected chi connectivity index (χ4v) is 3.69. The minimum atomic E-state index is -0.510. The van der Waals surface area contributed by atoms with Crippen molar-refractivity contribution >= 4 is 11.9 Å². The van der Waals surface area contributed by atoms with Crippen LogP contribution in [0, 0.1) is 0 Å². The van der Waals surface area contributed by atoms with Crippen molar-refractivity contribution in [2.45, 2.75) is 38.5 Å². The first-order valence-corrected chi connectivity index (χ1v) is 9.66. The number of hydrogen-bond donors (Lipinski definition) is 0. The lowest BCUT2D eigenvalue weighted by Crippen LogP contribution is -2.51. The van der Waals surface area contributed by atoms with Gasteiger partial charge in [-0.1, -0.05) is 30.3 Å². The number of amides is 1. The van der Waals surface area contributed by atoms with Crippen molar-refractivity contribution in [1.29, 1.82) is 0 Å². The molecule has 0 aliphatic carbocycles. The summed E-state index contributed by atoms with van der Waals surface area (Å²) in [4.78, 5) is 16.4. The maximum atomic E-state index is 12.5. The van der Waals surface area contributed by atoms with Gasteiger partial charge in [0.05, 0.1) is 31.0 Å². The van der Waals surface area contributed by atoms with Crippen LogP contribution < -0.4 is 4.90 Å². The van der Waals surface area contributed by atoms with Gasteiger partial charge in [-0.15, -0.1) is 10.2 Å². The van der Waals surface area contributed by atoms with Crippen LogP contribution >= 0.6 is 0 Å². The molecule has 0 bridgehead atoms. The van der Waals surface area contributed by atoms with Gasteiger partial charge < -0.3 is 19.3 Å². The molecule has 2 atom stereocenters. The normalized spacial score (nSPS) is 22.1. The second-order valence-electron chi connectivity index (χ2n) is 8.20. The summed E-state index contributed by atoms with van der Waals surface area (Å²) in [6.45, 7) is 8.05. The summed E-state index contributed by atoms with van der Waals surface area (Å²) in [6.07, 6.45) is -0.340. The molecule has 3 heterocycles. The van der Waals surface area contributed by atoms with Crippen molar-refractivity contribution in [1.82, 2.24) is 15.1 Å². The summed E-state index contributed by atoms with van der Waals surface area (Å²) in [7, 11) is 0. The van der Waals surface area contributed by atoms with Crippen molar-refractivity contribution in [3.8, 4) is 11.3 Å². The molecule has 4 rings (SSSR count). The van der Waals surface area contributed by atoms with Crippen LogP contribution in [0.3, 0.4) is 0 Å². The van der Waals surface area contributed by atoms with Crippen LogP contribution in [0.4, 0.5) is 10.6 Å². The van der Waals surface area contributed by atoms with Gasteiger partial charge in [0.15, 0.2) is 5.82 Å². The highest BCUT2D eigenvalue weighted by molar-refractivity contribution is 5.69. The van der Waals surface area contributed by atoms with Crippen molar-refractivity contribution in [3.05, 3.63) is 42.5 Å². The first-order chi connectivity index (χ1) is 13.4. The average Bonchev–Trinajstić information content (AvgIpc) is 3.12. The number of rotatable bonds is 2. The van der Waals surface area contributed by atoms with E-state index in [2.05, 4.69) is 15.1 Å². The zero-order valence-electron chi connectivity index (χ0n) is 16.5. The quantitative estimate of drug-likeness (QED) is 0.796. The minimum Gasteiger partial charge on any atom is -0.444 e. The predicted octanol–water partition coefficient (Wildman–Crippen LogP) is 2.97. The Bertz CT molecular complexity index is 820. The van der Waals surface area contributed by atoms with Crippen molar-refractivity contribution in [2.24, 2.45) is 0 Å². The first-order valence-electron chi connectivity index (χ1n) is 9.66. The zero-order valence-corrected chi connectivity index (χ0v) is 16.5. The fourth-order valence-electron chi connectivity index (χ4n) is 3.69. The zero-order chi connectivity index (χ0) is 19.7. The van der Waals surface area contributed by atoms with Gasteiger partial charge in [0, 0.05) is 18.7 Å². The van der Waals surface area contributed by atoms with E-state index in [1.807, 2.05) is 63.2 Å². The Morgan fingerprint density at radius 2 is 1.89 bits per heavy atom. The lowest BCUT2D eigenvalue weighted by atomic mass is 10.1. The third kappa shape index (κ3) is 3.94. The molecule has 1 aromatic carbocycles. The van der Waals surface area contributed by atoms with Crippen LogP contribution in [-0.4, -0.2) is 65.2 Å². The van der Waals surface area contributed by atoms with E-state index in [1.54, 1.807) is 4.90 Å². The molecule has 28 heavy (non-hydrogen) atoms. The van der Waals surface area contributed by atoms with Gasteiger partial charge in [0.25, 0.3) is 0 Å². The number of ether oxygens (including phenoxy) is 2. The number of carbonyl (C=O) groups excluding carboxylic acids is 1. The Balaban J connectivity index is 1.49. The summed E-state index contributed by atoms with van der Waals surface area (Å²) >= 11 is 0. The van der Waals surface area contributed by atoms with E-state index in [-0.39, 0.29) is 18.2 Å². The molecule has 7 heteroatoms. The summed E-state index contributed by atoms with van der Waals surface area (Å²) in [5.41, 5.74) is 1.37. The van der Waals surface area contributed by atoms with E-state index >= 15 is 0 Å². The molecule has 2 aliphatic heterocycles. The van der Waals surface area contributed by atoms with E-state index < -0.39 is 5.60 Å². The Hall–Kier alpha value is -2.67. The van der Waals surface area contributed by atoms with Crippen molar-refractivity contribution in [3.63, 3.8) is 0 Å². The van der Waals surface area contributed by atoms with Crippen molar-refractivity contribution in [2.75, 3.05) is 31.1 Å². The molecule has 2 fully saturated rings. The van der Waals surface area contributed by atoms with Crippen LogP contribution in [0.25, 0.3) is 11.3 Å². The summed E-state index contributed by atoms with van der Waals surface area (Å²) in [5, 5.41) is 8.86. The maximum absolute atomic E-state index is 12.5. The second-order valence-corrected chi connectivity index (χ2v) is 8.20. The molecule has 0 saturated carbocycles. The standard InChI is InChI=1S/C21H26N4O3/c1-21(2,3)28-20(26)24-13-17-18(14-24)27-12-11-25(17)19-10-9-16(22-23-19)15-7-5-4-6-8-15/h4-10,17-18H,11-14H2,1-3H3. The number of nitrogens with zero attached hydrogens (tertiary/aromatic N) is 4. The van der Waals surface area contributed by atoms with Crippen LogP contribution in [0.15, 0.2) is 42.5 Å². The minimum absolute atomic E-state index is 0.0446. The van der Waals surface area contributed by atoms with E-state index in [0.29, 0.717) is 19.7 Å². The molecule has 2 aromatic rings. The van der Waals surface area contributed by atoms with Crippen LogP contribution in [0.5, 0.6) is 0 Å². The Labute approximate surface area is 165 Å². The van der Waals surface area contributed by atoms with Crippen LogP contribution in [-0.2, 0) is 9.47 Å². The second kappa shape index (κ2) is 7.39. The van der Waals surface area contributed by atoms with Gasteiger partial charge >= 0.3 is 6.09 Å². The highest BCUT2D eigenvalue weighted by Gasteiger charge is 2.43. The number of fused-ring (bicyclic) bond motifs is 1. The highest BCUT2D eigenvalue weighted by atomic mass is 16.6. The highest BCUT2D eigenvalue weighted by Crippen LogP contribution is 2.28. The van der Waals surface area contributed by atoms with Gasteiger partial charge in [-0.2, -0.15) is 0 Å². The molecule has 0 radical (unpaired) electrons. The lowest BCUT2D eigenvalue weighted by Gasteiger charge is -2.37. The molecule has 2 aliphatic rings. The molecule has 7 nitrogen and oxygen atoms in total. The predicted molar refractivity (Wildman–Crippen MR) is 106 cm³/mol. The number of likely N-dealkylation sites (tertiary alicyclic amines) is 1. The number of anilines is 1. The molecule has 0 spiro atoms. The smallest absolute Gasteiger partial charge is 0.410 e. The fraction of sp³-hybridized carbons (Fsp3) is 0.476. The van der Waals surface area contributed by atoms with Crippen molar-refractivity contribution < 1.29 is 14.3 Å². The Kier molecular flexibility index (Phi) is 4.93. The molecular weight excluding hydrogens is 356 g/mol. The summed E-state index contributed by atoms with van der Waals surface area (Å²) in [6, 6.07) is 14.0. The third-order valence-corrected chi connectivity index (χ3v) is 4.97. The summed E-state index contributed by atoms with van der Waals surface area (Å²) in [5.74, 6) is 0.809. The van der Waals surface area contributed by atoms with Gasteiger partial charge in [0.2, 0.25) is 0 Å². The maximum Gasteiger partial charge on any atom is 0.410 e. The molecule has 1 aromatic heterocycles. The first kappa shape index (κ1) is 18.7. The largest absolute Gasteiger partial charge is 0.444 e. The number of aromatic nitrogens is 2. The molecular formula is C21H26N4O3. The Morgan fingerprint density at radius 3 is 2.57 bits per heavy atom. The number of hydrogen-bond acceptors (Lipinski definition) is 6. The molecule has 148 valence electrons. The Morgan fingerprint density at radius 1 is 1.11 bits per heavy atom. The number of carbonyl (C=O) groups is 1. The van der Waals surface area contributed by atoms with Gasteiger partial charge in [0.1, 0.15) is 5.60 Å². The average molecular weight is 382 g/mol. The van der Waals surface area contributed by atoms with Gasteiger partial charge in [-0.25, -0.2) is 4.79 Å². The third-order valence-electron chi connectivity index (χ3n) is 4.97. The molecule has 2 saturated heterocycles. The van der Waals surface area contributed by atoms with Crippen LogP contribution in [0.1, 0.15) is 20.8 Å². The van der Waals surface area contributed by atoms with Gasteiger partial charge in [-0.05, 0) is 32.9 Å². The lowest BCUT2D eigenvalue weighted by molar-refractivity contribution is 0.0162. The topological polar surface area (TPSA) is 67.8 Å². The molecule has 2 unspecified atom stereocenters. The number of morpholine rings is 1. The van der Waals surface area contributed by atoms with E-state index in [4.69, 9.17) is 9.47 Å². The summed E-state index contributed by atoms with van der Waals surface area (Å²) < 4.78 is 11.4. The molecule has 0 N–H and O–H groups in total. The van der Waals surface area contributed by atoms with Crippen LogP contribution in [0.2, 0.25) is 0 Å². The molecule has 1 amide bonds. The van der Waals surface area contributed by atoms with E-state index in [0.717, 1.165) is 23.6 Å². The SMILES string of the molecule is CC(C)(C)OC(=O)N1CC2OCCN(c3ccc(-c4ccccc4)nn3)C2C1.